The topological polar surface area (TPSA) is 42.0 Å². The average Bonchev–Trinajstić information content (AvgIpc) is 2.67. The smallest absolute Gasteiger partial charge is 0.410 e. The van der Waals surface area contributed by atoms with E-state index >= 15 is 0 Å². The first-order valence-electron chi connectivity index (χ1n) is 9.95. The Morgan fingerprint density at radius 2 is 1.69 bits per heavy atom. The third-order valence-corrected chi connectivity index (χ3v) is 4.65. The van der Waals surface area contributed by atoms with Crippen molar-refractivity contribution in [2.75, 3.05) is 26.2 Å². The minimum Gasteiger partial charge on any atom is -0.489 e. The van der Waals surface area contributed by atoms with Gasteiger partial charge < -0.3 is 14.4 Å². The molecule has 156 valence electrons. The van der Waals surface area contributed by atoms with E-state index in [1.807, 2.05) is 51.1 Å². The van der Waals surface area contributed by atoms with Crippen molar-refractivity contribution in [2.45, 2.75) is 39.5 Å². The largest absolute Gasteiger partial charge is 0.489 e. The van der Waals surface area contributed by atoms with Gasteiger partial charge in [-0.2, -0.15) is 0 Å². The number of halogens is 1. The van der Waals surface area contributed by atoms with Crippen LogP contribution in [0.1, 0.15) is 31.9 Å². The van der Waals surface area contributed by atoms with Crippen LogP contribution >= 0.6 is 0 Å². The third kappa shape index (κ3) is 6.75. The van der Waals surface area contributed by atoms with Crippen molar-refractivity contribution < 1.29 is 18.7 Å². The molecule has 2 aromatic rings. The molecule has 5 nitrogen and oxygen atoms in total. The summed E-state index contributed by atoms with van der Waals surface area (Å²) in [6.45, 7) is 9.78. The molecule has 0 N–H and O–H groups in total. The van der Waals surface area contributed by atoms with Gasteiger partial charge in [0.05, 0.1) is 0 Å². The third-order valence-electron chi connectivity index (χ3n) is 4.65. The van der Waals surface area contributed by atoms with Crippen LogP contribution < -0.4 is 4.74 Å². The number of amides is 1. The van der Waals surface area contributed by atoms with E-state index in [2.05, 4.69) is 4.90 Å². The summed E-state index contributed by atoms with van der Waals surface area (Å²) in [5, 5.41) is 0. The normalized spacial score (nSPS) is 15.2. The molecule has 1 heterocycles. The zero-order chi connectivity index (χ0) is 20.9. The molecule has 0 aliphatic carbocycles. The van der Waals surface area contributed by atoms with Crippen molar-refractivity contribution in [2.24, 2.45) is 0 Å². The molecule has 0 bridgehead atoms. The van der Waals surface area contributed by atoms with Gasteiger partial charge in [-0.05, 0) is 56.2 Å². The molecule has 6 heteroatoms. The Morgan fingerprint density at radius 1 is 1.00 bits per heavy atom. The van der Waals surface area contributed by atoms with E-state index in [1.165, 1.54) is 17.7 Å². The maximum atomic E-state index is 13.2. The summed E-state index contributed by atoms with van der Waals surface area (Å²) in [6, 6.07) is 14.4. The van der Waals surface area contributed by atoms with Crippen LogP contribution in [0.4, 0.5) is 9.18 Å². The predicted molar refractivity (Wildman–Crippen MR) is 110 cm³/mol. The molecule has 3 rings (SSSR count). The average molecular weight is 400 g/mol. The Hall–Kier alpha value is -2.60. The van der Waals surface area contributed by atoms with Gasteiger partial charge in [0.15, 0.2) is 0 Å². The van der Waals surface area contributed by atoms with Crippen LogP contribution in [0.15, 0.2) is 48.5 Å². The molecule has 1 aliphatic rings. The second-order valence-corrected chi connectivity index (χ2v) is 8.31. The molecule has 0 atom stereocenters. The minimum absolute atomic E-state index is 0.239. The summed E-state index contributed by atoms with van der Waals surface area (Å²) in [4.78, 5) is 16.2. The fourth-order valence-electron chi connectivity index (χ4n) is 3.16. The zero-order valence-corrected chi connectivity index (χ0v) is 17.4. The lowest BCUT2D eigenvalue weighted by atomic mass is 10.2. The SMILES string of the molecule is CC(C)(C)OC(=O)N1CCN(Cc2ccc(OCc3cccc(F)c3)cc2)CC1. The number of piperazine rings is 1. The van der Waals surface area contributed by atoms with E-state index in [9.17, 15) is 9.18 Å². The van der Waals surface area contributed by atoms with Crippen LogP contribution in [-0.4, -0.2) is 47.7 Å². The van der Waals surface area contributed by atoms with Crippen molar-refractivity contribution in [1.29, 1.82) is 0 Å². The molecule has 1 saturated heterocycles. The van der Waals surface area contributed by atoms with E-state index in [0.717, 1.165) is 30.9 Å². The van der Waals surface area contributed by atoms with E-state index in [4.69, 9.17) is 9.47 Å². The molecule has 1 amide bonds. The van der Waals surface area contributed by atoms with Gasteiger partial charge in [0, 0.05) is 32.7 Å². The molecule has 1 fully saturated rings. The van der Waals surface area contributed by atoms with Gasteiger partial charge in [0.25, 0.3) is 0 Å². The van der Waals surface area contributed by atoms with Crippen LogP contribution in [0, 0.1) is 5.82 Å². The van der Waals surface area contributed by atoms with Gasteiger partial charge in [-0.1, -0.05) is 24.3 Å². The van der Waals surface area contributed by atoms with Gasteiger partial charge in [-0.25, -0.2) is 9.18 Å². The highest BCUT2D eigenvalue weighted by molar-refractivity contribution is 5.68. The van der Waals surface area contributed by atoms with E-state index < -0.39 is 5.60 Å². The molecule has 1 aliphatic heterocycles. The maximum Gasteiger partial charge on any atom is 0.410 e. The Morgan fingerprint density at radius 3 is 2.31 bits per heavy atom. The van der Waals surface area contributed by atoms with Crippen molar-refractivity contribution in [3.63, 3.8) is 0 Å². The first-order chi connectivity index (χ1) is 13.8. The van der Waals surface area contributed by atoms with Crippen LogP contribution in [0.3, 0.4) is 0 Å². The molecular formula is C23H29FN2O3. The summed E-state index contributed by atoms with van der Waals surface area (Å²) in [7, 11) is 0. The highest BCUT2D eigenvalue weighted by Gasteiger charge is 2.25. The summed E-state index contributed by atoms with van der Waals surface area (Å²) < 4.78 is 24.4. The van der Waals surface area contributed by atoms with Crippen LogP contribution in [0.5, 0.6) is 5.75 Å². The monoisotopic (exact) mass is 400 g/mol. The van der Waals surface area contributed by atoms with Crippen LogP contribution in [0.2, 0.25) is 0 Å². The maximum absolute atomic E-state index is 13.2. The summed E-state index contributed by atoms with van der Waals surface area (Å²) >= 11 is 0. The Balaban J connectivity index is 1.44. The summed E-state index contributed by atoms with van der Waals surface area (Å²) in [5.41, 5.74) is 1.53. The lowest BCUT2D eigenvalue weighted by Gasteiger charge is -2.35. The minimum atomic E-state index is -0.466. The summed E-state index contributed by atoms with van der Waals surface area (Å²) in [6.07, 6.45) is -0.239. The molecule has 0 aromatic heterocycles. The highest BCUT2D eigenvalue weighted by atomic mass is 19.1. The number of carbonyl (C=O) groups is 1. The molecule has 0 radical (unpaired) electrons. The lowest BCUT2D eigenvalue weighted by molar-refractivity contribution is 0.0139. The van der Waals surface area contributed by atoms with Gasteiger partial charge in [0.2, 0.25) is 0 Å². The van der Waals surface area contributed by atoms with E-state index in [1.54, 1.807) is 11.0 Å². The number of rotatable bonds is 5. The number of hydrogen-bond donors (Lipinski definition) is 0. The van der Waals surface area contributed by atoms with Crippen molar-refractivity contribution >= 4 is 6.09 Å². The summed E-state index contributed by atoms with van der Waals surface area (Å²) in [5.74, 6) is 0.501. The molecule has 0 spiro atoms. The first-order valence-corrected chi connectivity index (χ1v) is 9.95. The second-order valence-electron chi connectivity index (χ2n) is 8.31. The molecule has 29 heavy (non-hydrogen) atoms. The highest BCUT2D eigenvalue weighted by Crippen LogP contribution is 2.17. The second kappa shape index (κ2) is 9.27. The molecule has 2 aromatic carbocycles. The predicted octanol–water partition coefficient (Wildman–Crippen LogP) is 4.46. The number of carbonyl (C=O) groups excluding carboxylic acids is 1. The number of nitrogens with zero attached hydrogens (tertiary/aromatic N) is 2. The standard InChI is InChI=1S/C23H29FN2O3/c1-23(2,3)29-22(27)26-13-11-25(12-14-26)16-18-7-9-21(10-8-18)28-17-19-5-4-6-20(24)15-19/h4-10,15H,11-14,16-17H2,1-3H3. The van der Waals surface area contributed by atoms with Gasteiger partial charge in [-0.15, -0.1) is 0 Å². The lowest BCUT2D eigenvalue weighted by Crippen LogP contribution is -2.49. The number of hydrogen-bond acceptors (Lipinski definition) is 4. The van der Waals surface area contributed by atoms with Crippen molar-refractivity contribution in [3.05, 3.63) is 65.5 Å². The van der Waals surface area contributed by atoms with Gasteiger partial charge in [-0.3, -0.25) is 4.90 Å². The molecule has 0 saturated carbocycles. The quantitative estimate of drug-likeness (QED) is 0.743. The molecule has 0 unspecified atom stereocenters. The van der Waals surface area contributed by atoms with Crippen molar-refractivity contribution in [1.82, 2.24) is 9.80 Å². The molecular weight excluding hydrogens is 371 g/mol. The van der Waals surface area contributed by atoms with Crippen LogP contribution in [-0.2, 0) is 17.9 Å². The Kier molecular flexibility index (Phi) is 6.75. The van der Waals surface area contributed by atoms with Crippen molar-refractivity contribution in [3.8, 4) is 5.75 Å². The fraction of sp³-hybridized carbons (Fsp3) is 0.435. The zero-order valence-electron chi connectivity index (χ0n) is 17.4. The fourth-order valence-corrected chi connectivity index (χ4v) is 3.16. The van der Waals surface area contributed by atoms with Crippen LogP contribution in [0.25, 0.3) is 0 Å². The number of ether oxygens (including phenoxy) is 2. The first kappa shape index (κ1) is 21.1. The Labute approximate surface area is 172 Å². The van der Waals surface area contributed by atoms with Gasteiger partial charge >= 0.3 is 6.09 Å². The number of benzene rings is 2. The van der Waals surface area contributed by atoms with E-state index in [-0.39, 0.29) is 11.9 Å². The van der Waals surface area contributed by atoms with E-state index in [0.29, 0.717) is 19.7 Å². The van der Waals surface area contributed by atoms with Gasteiger partial charge in [0.1, 0.15) is 23.8 Å². The Bertz CT molecular complexity index is 810.